The van der Waals surface area contributed by atoms with Crippen molar-refractivity contribution in [2.75, 3.05) is 0 Å². The van der Waals surface area contributed by atoms with Crippen molar-refractivity contribution < 1.29 is 19.1 Å². The maximum atomic E-state index is 11.9. The number of carbonyl (C=O) groups excluding carboxylic acids is 3. The lowest BCUT2D eigenvalue weighted by molar-refractivity contribution is -0.149. The molecule has 27 heavy (non-hydrogen) atoms. The second-order valence-corrected chi connectivity index (χ2v) is 8.34. The predicted molar refractivity (Wildman–Crippen MR) is 108 cm³/mol. The summed E-state index contributed by atoms with van der Waals surface area (Å²) in [5, 5.41) is 6.19. The Labute approximate surface area is 166 Å². The van der Waals surface area contributed by atoms with Crippen LogP contribution in [0.5, 0.6) is 0 Å². The van der Waals surface area contributed by atoms with Crippen molar-refractivity contribution in [1.82, 2.24) is 10.6 Å². The molecule has 0 aliphatic carbocycles. The molecule has 0 saturated carbocycles. The Morgan fingerprint density at radius 1 is 1.22 bits per heavy atom. The normalized spacial score (nSPS) is 12.8. The molecule has 1 aromatic heterocycles. The molecule has 0 aliphatic heterocycles. The van der Waals surface area contributed by atoms with Gasteiger partial charge in [-0.25, -0.2) is 9.59 Å². The standard InChI is InChI=1S/C19H21ClN2O4S/c1-11(17(24)21-18(25)22-19(2,3)4)26-15(23)10-9-14-16(20)12-7-5-6-8-13(12)27-14/h5-11H,1-4H3,(H2,21,22,24,25)/b10-9+/t11-/m1/s1. The van der Waals surface area contributed by atoms with Crippen LogP contribution in [0.4, 0.5) is 4.79 Å². The molecule has 0 fully saturated rings. The summed E-state index contributed by atoms with van der Waals surface area (Å²) in [4.78, 5) is 36.3. The van der Waals surface area contributed by atoms with Gasteiger partial charge in [0.1, 0.15) is 0 Å². The number of carbonyl (C=O) groups is 3. The number of hydrogen-bond donors (Lipinski definition) is 2. The van der Waals surface area contributed by atoms with E-state index in [1.54, 1.807) is 26.8 Å². The number of rotatable bonds is 4. The van der Waals surface area contributed by atoms with E-state index in [9.17, 15) is 14.4 Å². The molecule has 8 heteroatoms. The molecule has 0 aliphatic rings. The number of halogens is 1. The fourth-order valence-electron chi connectivity index (χ4n) is 2.14. The molecule has 6 nitrogen and oxygen atoms in total. The van der Waals surface area contributed by atoms with Crippen molar-refractivity contribution >= 4 is 57.0 Å². The minimum atomic E-state index is -1.12. The van der Waals surface area contributed by atoms with Crippen LogP contribution in [-0.4, -0.2) is 29.6 Å². The molecule has 0 bridgehead atoms. The fraction of sp³-hybridized carbons (Fsp3) is 0.316. The summed E-state index contributed by atoms with van der Waals surface area (Å²) in [7, 11) is 0. The largest absolute Gasteiger partial charge is 0.449 e. The molecule has 2 aromatic rings. The van der Waals surface area contributed by atoms with E-state index >= 15 is 0 Å². The molecule has 144 valence electrons. The van der Waals surface area contributed by atoms with Gasteiger partial charge in [0.05, 0.1) is 5.02 Å². The van der Waals surface area contributed by atoms with E-state index < -0.39 is 29.6 Å². The number of amides is 3. The van der Waals surface area contributed by atoms with Gasteiger partial charge in [0.2, 0.25) is 0 Å². The average Bonchev–Trinajstić information content (AvgIpc) is 2.87. The lowest BCUT2D eigenvalue weighted by Gasteiger charge is -2.21. The van der Waals surface area contributed by atoms with Crippen LogP contribution >= 0.6 is 22.9 Å². The molecular formula is C19H21ClN2O4S. The number of thiophene rings is 1. The van der Waals surface area contributed by atoms with Gasteiger partial charge in [0, 0.05) is 26.6 Å². The third kappa shape index (κ3) is 6.08. The number of esters is 1. The lowest BCUT2D eigenvalue weighted by atomic mass is 10.1. The van der Waals surface area contributed by atoms with E-state index in [-0.39, 0.29) is 0 Å². The van der Waals surface area contributed by atoms with E-state index in [2.05, 4.69) is 10.6 Å². The molecule has 1 atom stereocenters. The van der Waals surface area contributed by atoms with Gasteiger partial charge in [0.15, 0.2) is 6.10 Å². The zero-order valence-electron chi connectivity index (χ0n) is 15.5. The molecule has 0 radical (unpaired) electrons. The Kier molecular flexibility index (Phi) is 6.62. The monoisotopic (exact) mass is 408 g/mol. The number of benzene rings is 1. The third-order valence-electron chi connectivity index (χ3n) is 3.32. The highest BCUT2D eigenvalue weighted by atomic mass is 35.5. The van der Waals surface area contributed by atoms with Gasteiger partial charge in [-0.15, -0.1) is 11.3 Å². The van der Waals surface area contributed by atoms with E-state index in [4.69, 9.17) is 16.3 Å². The van der Waals surface area contributed by atoms with Gasteiger partial charge in [-0.1, -0.05) is 29.8 Å². The number of imide groups is 1. The topological polar surface area (TPSA) is 84.5 Å². The molecule has 2 N–H and O–H groups in total. The smallest absolute Gasteiger partial charge is 0.331 e. The van der Waals surface area contributed by atoms with Crippen molar-refractivity contribution in [3.8, 4) is 0 Å². The van der Waals surface area contributed by atoms with Gasteiger partial charge in [-0.3, -0.25) is 10.1 Å². The molecule has 0 saturated heterocycles. The van der Waals surface area contributed by atoms with E-state index in [1.807, 2.05) is 24.3 Å². The highest BCUT2D eigenvalue weighted by Gasteiger charge is 2.21. The predicted octanol–water partition coefficient (Wildman–Crippen LogP) is 4.12. The Morgan fingerprint density at radius 2 is 1.89 bits per heavy atom. The number of urea groups is 1. The summed E-state index contributed by atoms with van der Waals surface area (Å²) in [5.41, 5.74) is -0.490. The summed E-state index contributed by atoms with van der Waals surface area (Å²) in [6.07, 6.45) is 1.63. The summed E-state index contributed by atoms with van der Waals surface area (Å²) in [6.45, 7) is 6.73. The van der Waals surface area contributed by atoms with Crippen LogP contribution in [0.1, 0.15) is 32.6 Å². The van der Waals surface area contributed by atoms with Gasteiger partial charge in [-0.05, 0) is 39.8 Å². The molecule has 1 aromatic carbocycles. The van der Waals surface area contributed by atoms with Crippen molar-refractivity contribution in [1.29, 1.82) is 0 Å². The molecule has 1 heterocycles. The molecule has 0 spiro atoms. The minimum Gasteiger partial charge on any atom is -0.449 e. The van der Waals surface area contributed by atoms with Crippen molar-refractivity contribution in [3.63, 3.8) is 0 Å². The first kappa shape index (κ1) is 20.9. The third-order valence-corrected chi connectivity index (χ3v) is 4.97. The highest BCUT2D eigenvalue weighted by Crippen LogP contribution is 2.35. The zero-order chi connectivity index (χ0) is 20.2. The average molecular weight is 409 g/mol. The maximum Gasteiger partial charge on any atom is 0.331 e. The zero-order valence-corrected chi connectivity index (χ0v) is 17.0. The summed E-state index contributed by atoms with van der Waals surface area (Å²) in [6, 6.07) is 6.99. The Hall–Kier alpha value is -2.38. The second kappa shape index (κ2) is 8.54. The summed E-state index contributed by atoms with van der Waals surface area (Å²) in [5.74, 6) is -1.42. The van der Waals surface area contributed by atoms with Crippen LogP contribution in [0.3, 0.4) is 0 Å². The van der Waals surface area contributed by atoms with Crippen LogP contribution in [0.15, 0.2) is 30.3 Å². The van der Waals surface area contributed by atoms with Gasteiger partial charge >= 0.3 is 12.0 Å². The quantitative estimate of drug-likeness (QED) is 0.588. The minimum absolute atomic E-state index is 0.490. The fourth-order valence-corrected chi connectivity index (χ4v) is 3.54. The van der Waals surface area contributed by atoms with E-state index in [0.717, 1.165) is 15.0 Å². The number of ether oxygens (including phenoxy) is 1. The van der Waals surface area contributed by atoms with E-state index in [1.165, 1.54) is 24.3 Å². The van der Waals surface area contributed by atoms with Crippen LogP contribution in [-0.2, 0) is 14.3 Å². The summed E-state index contributed by atoms with van der Waals surface area (Å²) < 4.78 is 6.03. The SMILES string of the molecule is C[C@@H](OC(=O)/C=C/c1sc2ccccc2c1Cl)C(=O)NC(=O)NC(C)(C)C. The first-order chi connectivity index (χ1) is 12.6. The highest BCUT2D eigenvalue weighted by molar-refractivity contribution is 7.20. The van der Waals surface area contributed by atoms with Crippen LogP contribution in [0, 0.1) is 0 Å². The molecule has 0 unspecified atom stereocenters. The van der Waals surface area contributed by atoms with Crippen LogP contribution < -0.4 is 10.6 Å². The van der Waals surface area contributed by atoms with Crippen molar-refractivity contribution in [3.05, 3.63) is 40.2 Å². The van der Waals surface area contributed by atoms with Gasteiger partial charge in [0.25, 0.3) is 5.91 Å². The first-order valence-corrected chi connectivity index (χ1v) is 9.45. The summed E-state index contributed by atoms with van der Waals surface area (Å²) >= 11 is 7.75. The number of hydrogen-bond acceptors (Lipinski definition) is 5. The first-order valence-electron chi connectivity index (χ1n) is 8.25. The van der Waals surface area contributed by atoms with Gasteiger partial charge in [-0.2, -0.15) is 0 Å². The Morgan fingerprint density at radius 3 is 2.52 bits per heavy atom. The van der Waals surface area contributed by atoms with E-state index in [0.29, 0.717) is 5.02 Å². The Balaban J connectivity index is 1.94. The maximum absolute atomic E-state index is 11.9. The van der Waals surface area contributed by atoms with Crippen molar-refractivity contribution in [2.45, 2.75) is 39.3 Å². The molecule has 2 rings (SSSR count). The molecule has 3 amide bonds. The molecular weight excluding hydrogens is 388 g/mol. The van der Waals surface area contributed by atoms with Crippen LogP contribution in [0.2, 0.25) is 5.02 Å². The van der Waals surface area contributed by atoms with Gasteiger partial charge < -0.3 is 10.1 Å². The number of fused-ring (bicyclic) bond motifs is 1. The second-order valence-electron chi connectivity index (χ2n) is 6.88. The van der Waals surface area contributed by atoms with Crippen LogP contribution in [0.25, 0.3) is 16.2 Å². The Bertz CT molecular complexity index is 899. The van der Waals surface area contributed by atoms with Crippen molar-refractivity contribution in [2.24, 2.45) is 0 Å². The lowest BCUT2D eigenvalue weighted by Crippen LogP contribution is -2.50. The number of nitrogens with one attached hydrogen (secondary N) is 2.